The van der Waals surface area contributed by atoms with Gasteiger partial charge in [-0.1, -0.05) is 38.5 Å². The van der Waals surface area contributed by atoms with Gasteiger partial charge < -0.3 is 20.9 Å². The predicted octanol–water partition coefficient (Wildman–Crippen LogP) is 5.48. The van der Waals surface area contributed by atoms with Crippen LogP contribution in [0, 0.1) is 11.2 Å². The van der Waals surface area contributed by atoms with Gasteiger partial charge in [0.1, 0.15) is 17.4 Å². The highest BCUT2D eigenvalue weighted by molar-refractivity contribution is 5.95. The maximum Gasteiger partial charge on any atom is 0.330 e. The minimum atomic E-state index is -1.05. The van der Waals surface area contributed by atoms with Crippen molar-refractivity contribution < 1.29 is 19.0 Å². The molecule has 0 saturated heterocycles. The lowest BCUT2D eigenvalue weighted by atomic mass is 9.95. The Kier molecular flexibility index (Phi) is 8.84. The predicted molar refractivity (Wildman–Crippen MR) is 137 cm³/mol. The van der Waals surface area contributed by atoms with E-state index in [0.29, 0.717) is 29.0 Å². The number of hydrogen-bond donors (Lipinski definition) is 4. The van der Waals surface area contributed by atoms with E-state index in [0.717, 1.165) is 36.0 Å². The van der Waals surface area contributed by atoms with Crippen LogP contribution < -0.4 is 15.8 Å². The van der Waals surface area contributed by atoms with Crippen molar-refractivity contribution in [2.45, 2.75) is 45.6 Å². The van der Waals surface area contributed by atoms with Crippen molar-refractivity contribution in [1.82, 2.24) is 0 Å². The normalized spacial score (nSPS) is 11.6. The minimum Gasteiger partial charge on any atom is -0.493 e. The van der Waals surface area contributed by atoms with Crippen molar-refractivity contribution in [2.24, 2.45) is 5.73 Å². The number of ether oxygens (including phenoxy) is 1. The molecule has 0 aliphatic heterocycles. The number of carboxylic acids is 1. The van der Waals surface area contributed by atoms with Gasteiger partial charge in [-0.05, 0) is 72.0 Å². The average Bonchev–Trinajstić information content (AvgIpc) is 2.83. The van der Waals surface area contributed by atoms with Gasteiger partial charge in [0.15, 0.2) is 6.04 Å². The zero-order valence-corrected chi connectivity index (χ0v) is 20.1. The summed E-state index contributed by atoms with van der Waals surface area (Å²) < 4.78 is 19.8. The van der Waals surface area contributed by atoms with Crippen LogP contribution >= 0.6 is 0 Å². The number of nitrogen functional groups attached to an aromatic ring is 1. The molecule has 0 amide bonds. The van der Waals surface area contributed by atoms with Crippen molar-refractivity contribution in [2.75, 3.05) is 11.9 Å². The van der Waals surface area contributed by atoms with Gasteiger partial charge in [0, 0.05) is 23.2 Å². The van der Waals surface area contributed by atoms with Gasteiger partial charge >= 0.3 is 5.97 Å². The Hall–Kier alpha value is -3.87. The average molecular weight is 478 g/mol. The molecule has 0 aromatic heterocycles. The molecule has 0 spiro atoms. The van der Waals surface area contributed by atoms with Crippen LogP contribution in [0.5, 0.6) is 5.75 Å². The number of carboxylic acid groups (broad SMARTS) is 1. The summed E-state index contributed by atoms with van der Waals surface area (Å²) in [4.78, 5) is 12.4. The summed E-state index contributed by atoms with van der Waals surface area (Å²) in [7, 11) is 0. The molecule has 0 aliphatic carbocycles. The molecular weight excluding hydrogens is 445 g/mol. The Morgan fingerprint density at radius 2 is 1.83 bits per heavy atom. The maximum atomic E-state index is 13.6. The Labute approximate surface area is 205 Å². The second kappa shape index (κ2) is 12.0. The smallest absolute Gasteiger partial charge is 0.330 e. The van der Waals surface area contributed by atoms with E-state index in [2.05, 4.69) is 18.3 Å². The van der Waals surface area contributed by atoms with Crippen molar-refractivity contribution in [3.63, 3.8) is 0 Å². The first-order valence-electron chi connectivity index (χ1n) is 11.8. The second-order valence-electron chi connectivity index (χ2n) is 8.41. The number of aryl methyl sites for hydroxylation is 2. The lowest BCUT2D eigenvalue weighted by molar-refractivity contribution is -0.138. The molecule has 0 radical (unpaired) electrons. The number of nitrogens with one attached hydrogen (secondary N) is 2. The number of aliphatic carboxylic acids is 1. The van der Waals surface area contributed by atoms with Crippen LogP contribution in [0.2, 0.25) is 0 Å². The zero-order valence-electron chi connectivity index (χ0n) is 20.1. The van der Waals surface area contributed by atoms with E-state index in [-0.39, 0.29) is 18.3 Å². The summed E-state index contributed by atoms with van der Waals surface area (Å²) in [6.07, 6.45) is 2.88. The van der Waals surface area contributed by atoms with Crippen LogP contribution in [0.3, 0.4) is 0 Å². The highest BCUT2D eigenvalue weighted by atomic mass is 19.1. The Bertz CT molecular complexity index is 1180. The fourth-order valence-corrected chi connectivity index (χ4v) is 3.98. The molecule has 0 heterocycles. The molecule has 3 aromatic carbocycles. The van der Waals surface area contributed by atoms with E-state index >= 15 is 0 Å². The lowest BCUT2D eigenvalue weighted by Crippen LogP contribution is -2.22. The molecule has 0 bridgehead atoms. The minimum absolute atomic E-state index is 0.0554. The number of hydrogen-bond acceptors (Lipinski definition) is 4. The molecule has 0 aliphatic rings. The standard InChI is InChI=1S/C28H32FN3O3/c1-3-6-21-15-18(4-2)17-24(26(21)35-14-13-19-7-5-8-22(29)16-19)25(28(33)34)32-23-11-9-20(10-12-23)27(30)31/h5,7-12,15-17,25,32H,3-4,6,13-14H2,1-2H3,(H3,30,31)(H,33,34). The third kappa shape index (κ3) is 6.82. The van der Waals surface area contributed by atoms with E-state index in [1.165, 1.54) is 12.1 Å². The largest absolute Gasteiger partial charge is 0.493 e. The lowest BCUT2D eigenvalue weighted by Gasteiger charge is -2.23. The molecule has 3 rings (SSSR count). The summed E-state index contributed by atoms with van der Waals surface area (Å²) in [5.74, 6) is -0.833. The zero-order chi connectivity index (χ0) is 25.4. The van der Waals surface area contributed by atoms with E-state index in [4.69, 9.17) is 15.9 Å². The molecule has 7 heteroatoms. The first kappa shape index (κ1) is 25.7. The van der Waals surface area contributed by atoms with Crippen molar-refractivity contribution in [3.8, 4) is 5.75 Å². The van der Waals surface area contributed by atoms with Gasteiger partial charge in [0.25, 0.3) is 0 Å². The van der Waals surface area contributed by atoms with Crippen LogP contribution in [0.4, 0.5) is 10.1 Å². The first-order valence-corrected chi connectivity index (χ1v) is 11.8. The van der Waals surface area contributed by atoms with Gasteiger partial charge in [-0.25, -0.2) is 9.18 Å². The van der Waals surface area contributed by atoms with Gasteiger partial charge in [-0.3, -0.25) is 5.41 Å². The Balaban J connectivity index is 1.95. The summed E-state index contributed by atoms with van der Waals surface area (Å²) in [5.41, 5.74) is 10.0. The SMILES string of the molecule is CCCc1cc(CC)cc(C(Nc2ccc(C(=N)N)cc2)C(=O)O)c1OCCc1cccc(F)c1. The van der Waals surface area contributed by atoms with E-state index in [9.17, 15) is 14.3 Å². The number of amidine groups is 1. The summed E-state index contributed by atoms with van der Waals surface area (Å²) >= 11 is 0. The third-order valence-corrected chi connectivity index (χ3v) is 5.77. The van der Waals surface area contributed by atoms with Crippen molar-refractivity contribution in [1.29, 1.82) is 5.41 Å². The maximum absolute atomic E-state index is 13.6. The molecule has 184 valence electrons. The van der Waals surface area contributed by atoms with Crippen LogP contribution in [0.15, 0.2) is 60.7 Å². The van der Waals surface area contributed by atoms with E-state index < -0.39 is 12.0 Å². The Morgan fingerprint density at radius 1 is 1.09 bits per heavy atom. The van der Waals surface area contributed by atoms with Crippen LogP contribution in [-0.2, 0) is 24.1 Å². The molecule has 5 N–H and O–H groups in total. The Morgan fingerprint density at radius 3 is 2.43 bits per heavy atom. The molecule has 1 unspecified atom stereocenters. The van der Waals surface area contributed by atoms with Gasteiger partial charge in [0.2, 0.25) is 0 Å². The molecule has 0 fully saturated rings. The molecule has 6 nitrogen and oxygen atoms in total. The highest BCUT2D eigenvalue weighted by Gasteiger charge is 2.26. The van der Waals surface area contributed by atoms with E-state index in [1.54, 1.807) is 30.3 Å². The molecule has 0 saturated carbocycles. The van der Waals surface area contributed by atoms with Crippen LogP contribution in [0.1, 0.15) is 54.1 Å². The van der Waals surface area contributed by atoms with Gasteiger partial charge in [-0.2, -0.15) is 0 Å². The number of carbonyl (C=O) groups is 1. The van der Waals surface area contributed by atoms with Crippen molar-refractivity contribution in [3.05, 3.63) is 94.3 Å². The number of anilines is 1. The molecular formula is C28H32FN3O3. The third-order valence-electron chi connectivity index (χ3n) is 5.77. The fourth-order valence-electron chi connectivity index (χ4n) is 3.98. The number of halogens is 1. The van der Waals surface area contributed by atoms with Gasteiger partial charge in [0.05, 0.1) is 6.61 Å². The molecule has 1 atom stereocenters. The number of benzene rings is 3. The number of rotatable bonds is 12. The monoisotopic (exact) mass is 477 g/mol. The summed E-state index contributed by atoms with van der Waals surface area (Å²) in [6, 6.07) is 16.0. The molecule has 3 aromatic rings. The van der Waals surface area contributed by atoms with E-state index in [1.807, 2.05) is 19.1 Å². The quantitative estimate of drug-likeness (QED) is 0.204. The first-order chi connectivity index (χ1) is 16.8. The van der Waals surface area contributed by atoms with Crippen molar-refractivity contribution >= 4 is 17.5 Å². The van der Waals surface area contributed by atoms with Gasteiger partial charge in [-0.15, -0.1) is 0 Å². The topological polar surface area (TPSA) is 108 Å². The fraction of sp³-hybridized carbons (Fsp3) is 0.286. The highest BCUT2D eigenvalue weighted by Crippen LogP contribution is 2.34. The van der Waals surface area contributed by atoms with Crippen LogP contribution in [0.25, 0.3) is 0 Å². The molecule has 35 heavy (non-hydrogen) atoms. The van der Waals surface area contributed by atoms with Crippen LogP contribution in [-0.4, -0.2) is 23.5 Å². The second-order valence-corrected chi connectivity index (χ2v) is 8.41. The number of nitrogens with two attached hydrogens (primary N) is 1. The summed E-state index contributed by atoms with van der Waals surface area (Å²) in [6.45, 7) is 4.39. The summed E-state index contributed by atoms with van der Waals surface area (Å²) in [5, 5.41) is 20.8.